The lowest BCUT2D eigenvalue weighted by molar-refractivity contribution is -0.157. The Morgan fingerprint density at radius 1 is 1.06 bits per heavy atom. The third-order valence-corrected chi connectivity index (χ3v) is 6.23. The number of sulfone groups is 1. The van der Waals surface area contributed by atoms with Crippen LogP contribution in [0.15, 0.2) is 41.3 Å². The molecule has 5 nitrogen and oxygen atoms in total. The van der Waals surface area contributed by atoms with Gasteiger partial charge in [0, 0.05) is 10.6 Å². The minimum absolute atomic E-state index is 0.0832. The Morgan fingerprint density at radius 2 is 1.74 bits per heavy atom. The predicted octanol–water partition coefficient (Wildman–Crippen LogP) is 4.95. The molecule has 2 rings (SSSR count). The molecule has 7 heteroatoms. The Labute approximate surface area is 189 Å². The van der Waals surface area contributed by atoms with Gasteiger partial charge < -0.3 is 9.47 Å². The van der Waals surface area contributed by atoms with Crippen molar-refractivity contribution in [1.82, 2.24) is 0 Å². The van der Waals surface area contributed by atoms with Crippen LogP contribution < -0.4 is 4.74 Å². The first-order valence-electron chi connectivity index (χ1n) is 9.91. The van der Waals surface area contributed by atoms with Gasteiger partial charge in [-0.25, -0.2) is 13.2 Å². The van der Waals surface area contributed by atoms with Gasteiger partial charge in [-0.1, -0.05) is 36.4 Å². The van der Waals surface area contributed by atoms with Gasteiger partial charge in [0.1, 0.15) is 11.4 Å². The lowest BCUT2D eigenvalue weighted by Gasteiger charge is -2.19. The van der Waals surface area contributed by atoms with E-state index in [2.05, 4.69) is 11.8 Å². The lowest BCUT2D eigenvalue weighted by atomic mass is 10.1. The molecule has 0 aliphatic carbocycles. The van der Waals surface area contributed by atoms with Crippen molar-refractivity contribution in [3.63, 3.8) is 0 Å². The second kappa shape index (κ2) is 10.2. The molecule has 0 N–H and O–H groups in total. The number of rotatable bonds is 6. The van der Waals surface area contributed by atoms with Crippen LogP contribution in [0.3, 0.4) is 0 Å². The molecule has 0 unspecified atom stereocenters. The van der Waals surface area contributed by atoms with Crippen LogP contribution in [0.25, 0.3) is 0 Å². The maximum atomic E-state index is 12.4. The molecule has 0 radical (unpaired) electrons. The highest BCUT2D eigenvalue weighted by Crippen LogP contribution is 2.23. The summed E-state index contributed by atoms with van der Waals surface area (Å²) >= 11 is 6.11. The molecule has 0 aromatic heterocycles. The highest BCUT2D eigenvalue weighted by atomic mass is 35.5. The van der Waals surface area contributed by atoms with E-state index in [-0.39, 0.29) is 17.3 Å². The highest BCUT2D eigenvalue weighted by Gasteiger charge is 2.17. The number of ether oxygens (including phenoxy) is 2. The van der Waals surface area contributed by atoms with Crippen molar-refractivity contribution in [2.24, 2.45) is 0 Å². The van der Waals surface area contributed by atoms with Crippen LogP contribution in [0.5, 0.6) is 5.75 Å². The van der Waals surface area contributed by atoms with Crippen molar-refractivity contribution in [3.05, 3.63) is 58.1 Å². The summed E-state index contributed by atoms with van der Waals surface area (Å²) in [5.41, 5.74) is 1.32. The van der Waals surface area contributed by atoms with E-state index >= 15 is 0 Å². The Kier molecular flexibility index (Phi) is 8.16. The molecule has 0 spiro atoms. The molecule has 0 saturated carbocycles. The maximum Gasteiger partial charge on any atom is 0.344 e. The predicted molar refractivity (Wildman–Crippen MR) is 122 cm³/mol. The summed E-state index contributed by atoms with van der Waals surface area (Å²) in [5.74, 6) is 5.97. The fraction of sp³-hybridized carbons (Fsp3) is 0.375. The molecule has 2 aromatic carbocycles. The van der Waals surface area contributed by atoms with Crippen LogP contribution >= 0.6 is 11.6 Å². The summed E-state index contributed by atoms with van der Waals surface area (Å²) in [6.45, 7) is 8.75. The van der Waals surface area contributed by atoms with E-state index in [0.29, 0.717) is 28.3 Å². The van der Waals surface area contributed by atoms with E-state index in [0.717, 1.165) is 5.56 Å². The Bertz CT molecular complexity index is 1120. The fourth-order valence-corrected chi connectivity index (χ4v) is 4.20. The van der Waals surface area contributed by atoms with Crippen molar-refractivity contribution in [2.75, 3.05) is 12.4 Å². The molecule has 0 saturated heterocycles. The SMILES string of the molecule is CCCS(=O)(=O)c1ccc(C)c(C#Cc2cc(Cl)ccc2OCC(=O)OC(C)(C)C)c1. The van der Waals surface area contributed by atoms with Crippen LogP contribution in [-0.2, 0) is 19.4 Å². The van der Waals surface area contributed by atoms with Gasteiger partial charge in [0.05, 0.1) is 16.2 Å². The average molecular weight is 463 g/mol. The van der Waals surface area contributed by atoms with Crippen LogP contribution in [0.2, 0.25) is 5.02 Å². The first kappa shape index (κ1) is 24.8. The zero-order valence-electron chi connectivity index (χ0n) is 18.4. The molecule has 0 bridgehead atoms. The molecule has 2 aromatic rings. The lowest BCUT2D eigenvalue weighted by Crippen LogP contribution is -2.27. The van der Waals surface area contributed by atoms with Gasteiger partial charge in [-0.3, -0.25) is 0 Å². The van der Waals surface area contributed by atoms with Crippen molar-refractivity contribution < 1.29 is 22.7 Å². The molecule has 31 heavy (non-hydrogen) atoms. The van der Waals surface area contributed by atoms with Gasteiger partial charge in [-0.05, 0) is 70.0 Å². The first-order valence-corrected chi connectivity index (χ1v) is 11.9. The Balaban J connectivity index is 2.32. The van der Waals surface area contributed by atoms with Crippen molar-refractivity contribution in [3.8, 4) is 17.6 Å². The Hall–Kier alpha value is -2.49. The highest BCUT2D eigenvalue weighted by molar-refractivity contribution is 7.91. The molecule has 0 heterocycles. The van der Waals surface area contributed by atoms with Gasteiger partial charge in [0.15, 0.2) is 16.4 Å². The largest absolute Gasteiger partial charge is 0.481 e. The zero-order chi connectivity index (χ0) is 23.2. The number of halogens is 1. The van der Waals surface area contributed by atoms with Gasteiger partial charge in [0.2, 0.25) is 0 Å². The molecule has 166 valence electrons. The van der Waals surface area contributed by atoms with E-state index in [1.165, 1.54) is 0 Å². The zero-order valence-corrected chi connectivity index (χ0v) is 20.0. The van der Waals surface area contributed by atoms with Crippen LogP contribution in [0.1, 0.15) is 50.8 Å². The molecule has 0 amide bonds. The van der Waals surface area contributed by atoms with E-state index in [1.54, 1.807) is 57.2 Å². The molecular weight excluding hydrogens is 436 g/mol. The van der Waals surface area contributed by atoms with Gasteiger partial charge >= 0.3 is 5.97 Å². The number of carbonyl (C=O) groups is 1. The van der Waals surface area contributed by atoms with E-state index in [4.69, 9.17) is 21.1 Å². The van der Waals surface area contributed by atoms with Crippen molar-refractivity contribution >= 4 is 27.4 Å². The summed E-state index contributed by atoms with van der Waals surface area (Å²) in [6, 6.07) is 9.82. The van der Waals surface area contributed by atoms with E-state index < -0.39 is 21.4 Å². The second-order valence-corrected chi connectivity index (χ2v) is 10.6. The Morgan fingerprint density at radius 3 is 2.39 bits per heavy atom. The summed E-state index contributed by atoms with van der Waals surface area (Å²) in [4.78, 5) is 12.2. The van der Waals surface area contributed by atoms with Crippen LogP contribution in [0, 0.1) is 18.8 Å². The van der Waals surface area contributed by atoms with Crippen LogP contribution in [-0.4, -0.2) is 32.3 Å². The summed E-state index contributed by atoms with van der Waals surface area (Å²) < 4.78 is 35.6. The molecule has 0 atom stereocenters. The van der Waals surface area contributed by atoms with E-state index in [9.17, 15) is 13.2 Å². The summed E-state index contributed by atoms with van der Waals surface area (Å²) in [7, 11) is -3.35. The van der Waals surface area contributed by atoms with Crippen molar-refractivity contribution in [1.29, 1.82) is 0 Å². The average Bonchev–Trinajstić information content (AvgIpc) is 2.65. The topological polar surface area (TPSA) is 69.7 Å². The monoisotopic (exact) mass is 462 g/mol. The number of aryl methyl sites for hydroxylation is 1. The summed E-state index contributed by atoms with van der Waals surface area (Å²) in [5, 5.41) is 0.463. The quantitative estimate of drug-likeness (QED) is 0.448. The normalized spacial score (nSPS) is 11.4. The van der Waals surface area contributed by atoms with Gasteiger partial charge in [0.25, 0.3) is 0 Å². The molecule has 0 aliphatic heterocycles. The number of esters is 1. The maximum absolute atomic E-state index is 12.4. The number of benzene rings is 2. The number of hydrogen-bond donors (Lipinski definition) is 0. The molecule has 0 aliphatic rings. The minimum Gasteiger partial charge on any atom is -0.481 e. The smallest absolute Gasteiger partial charge is 0.344 e. The third-order valence-electron chi connectivity index (χ3n) is 4.08. The minimum atomic E-state index is -3.35. The van der Waals surface area contributed by atoms with E-state index in [1.807, 2.05) is 13.8 Å². The first-order chi connectivity index (χ1) is 14.4. The molecule has 0 fully saturated rings. The number of carbonyl (C=O) groups excluding carboxylic acids is 1. The fourth-order valence-electron chi connectivity index (χ4n) is 2.68. The number of hydrogen-bond acceptors (Lipinski definition) is 5. The van der Waals surface area contributed by atoms with Gasteiger partial charge in [-0.15, -0.1) is 0 Å². The summed E-state index contributed by atoms with van der Waals surface area (Å²) in [6.07, 6.45) is 0.540. The van der Waals surface area contributed by atoms with Crippen LogP contribution in [0.4, 0.5) is 0 Å². The van der Waals surface area contributed by atoms with Gasteiger partial charge in [-0.2, -0.15) is 0 Å². The third kappa shape index (κ3) is 7.61. The second-order valence-electron chi connectivity index (χ2n) is 8.06. The van der Waals surface area contributed by atoms with Crippen molar-refractivity contribution in [2.45, 2.75) is 51.5 Å². The standard InChI is InChI=1S/C24H27ClO5S/c1-6-13-31(27,28)21-11-7-17(2)18(15-21)8-9-19-14-20(25)10-12-22(19)29-16-23(26)30-24(3,4)5/h7,10-12,14-15H,6,13,16H2,1-5H3. The molecular formula is C24H27ClO5S.